The van der Waals surface area contributed by atoms with E-state index in [1.54, 1.807) is 10.9 Å². The van der Waals surface area contributed by atoms with Crippen molar-refractivity contribution in [3.8, 4) is 12.3 Å². The van der Waals surface area contributed by atoms with Crippen molar-refractivity contribution in [2.24, 2.45) is 0 Å². The van der Waals surface area contributed by atoms with Gasteiger partial charge in [-0.15, -0.1) is 12.3 Å². The molecule has 98 valence electrons. The maximum atomic E-state index is 11.7. The summed E-state index contributed by atoms with van der Waals surface area (Å²) in [5.74, 6) is 2.66. The topological polar surface area (TPSA) is 98.8 Å². The average molecular weight is 259 g/mol. The number of hydrogen-bond acceptors (Lipinski definition) is 5. The summed E-state index contributed by atoms with van der Waals surface area (Å²) < 4.78 is 7.56. The zero-order chi connectivity index (χ0) is 13.4. The fraction of sp³-hybridized carbons (Fsp3) is 0.417. The van der Waals surface area contributed by atoms with E-state index >= 15 is 0 Å². The van der Waals surface area contributed by atoms with E-state index in [0.29, 0.717) is 12.1 Å². The lowest BCUT2D eigenvalue weighted by Crippen LogP contribution is -2.14. The lowest BCUT2D eigenvalue weighted by molar-refractivity contribution is 0.00688. The predicted molar refractivity (Wildman–Crippen MR) is 69.2 cm³/mol. The van der Waals surface area contributed by atoms with E-state index in [2.05, 4.69) is 20.9 Å². The number of fused-ring (bicyclic) bond motifs is 1. The Bertz CT molecular complexity index is 711. The third-order valence-electron chi connectivity index (χ3n) is 3.19. The summed E-state index contributed by atoms with van der Waals surface area (Å²) in [6, 6.07) is 0. The first-order valence-corrected chi connectivity index (χ1v) is 6.00. The van der Waals surface area contributed by atoms with Crippen LogP contribution >= 0.6 is 0 Å². The highest BCUT2D eigenvalue weighted by Gasteiger charge is 2.27. The third-order valence-corrected chi connectivity index (χ3v) is 3.19. The molecule has 3 rings (SSSR count). The number of aromatic amines is 1. The summed E-state index contributed by atoms with van der Waals surface area (Å²) in [6.07, 6.45) is 8.96. The highest BCUT2D eigenvalue weighted by atomic mass is 16.5. The molecule has 7 heteroatoms. The number of H-pyrrole nitrogens is 1. The quantitative estimate of drug-likeness (QED) is 0.761. The van der Waals surface area contributed by atoms with Gasteiger partial charge in [0.05, 0.1) is 12.4 Å². The highest BCUT2D eigenvalue weighted by Crippen LogP contribution is 2.31. The maximum Gasteiger partial charge on any atom is 0.280 e. The third kappa shape index (κ3) is 1.96. The molecule has 0 amide bonds. The molecule has 0 aromatic carbocycles. The standard InChI is InChI=1S/C12H13N5O2/c1-2-3-7-4-5-8(19-7)17-6-14-9-10(17)15-12(13)16-11(9)18/h1,6-8H,3-5H2,(H3,13,15,16,18). The van der Waals surface area contributed by atoms with Crippen LogP contribution in [0.15, 0.2) is 11.1 Å². The van der Waals surface area contributed by atoms with Crippen LogP contribution in [0.4, 0.5) is 5.95 Å². The number of rotatable bonds is 2. The molecule has 7 nitrogen and oxygen atoms in total. The monoisotopic (exact) mass is 259 g/mol. The fourth-order valence-corrected chi connectivity index (χ4v) is 2.33. The predicted octanol–water partition coefficient (Wildman–Crippen LogP) is 0.403. The van der Waals surface area contributed by atoms with Gasteiger partial charge in [0.2, 0.25) is 5.95 Å². The largest absolute Gasteiger partial charge is 0.369 e. The molecule has 2 aromatic rings. The van der Waals surface area contributed by atoms with Crippen molar-refractivity contribution in [1.82, 2.24) is 19.5 Å². The van der Waals surface area contributed by atoms with E-state index < -0.39 is 0 Å². The Kier molecular flexibility index (Phi) is 2.72. The molecular formula is C12H13N5O2. The molecule has 2 unspecified atom stereocenters. The Balaban J connectivity index is 1.99. The first-order valence-electron chi connectivity index (χ1n) is 6.00. The van der Waals surface area contributed by atoms with Gasteiger partial charge in [-0.05, 0) is 12.8 Å². The molecule has 0 aliphatic carbocycles. The fourth-order valence-electron chi connectivity index (χ4n) is 2.33. The van der Waals surface area contributed by atoms with Crippen molar-refractivity contribution in [1.29, 1.82) is 0 Å². The minimum atomic E-state index is -0.348. The van der Waals surface area contributed by atoms with Gasteiger partial charge in [-0.2, -0.15) is 4.98 Å². The smallest absolute Gasteiger partial charge is 0.280 e. The van der Waals surface area contributed by atoms with Gasteiger partial charge in [-0.25, -0.2) is 4.98 Å². The van der Waals surface area contributed by atoms with Crippen molar-refractivity contribution in [3.05, 3.63) is 16.7 Å². The highest BCUT2D eigenvalue weighted by molar-refractivity contribution is 5.70. The van der Waals surface area contributed by atoms with Crippen molar-refractivity contribution < 1.29 is 4.74 Å². The first-order chi connectivity index (χ1) is 9.19. The SMILES string of the molecule is C#CCC1CCC(n2cnc3c(=O)[nH]c(N)nc32)O1. The van der Waals surface area contributed by atoms with Gasteiger partial charge >= 0.3 is 0 Å². The minimum absolute atomic E-state index is 0.0480. The second kappa shape index (κ2) is 4.40. The molecule has 2 atom stereocenters. The van der Waals surface area contributed by atoms with Crippen LogP contribution in [-0.4, -0.2) is 25.6 Å². The number of terminal acetylenes is 1. The number of nitrogens with two attached hydrogens (primary N) is 1. The number of nitrogens with one attached hydrogen (secondary N) is 1. The molecule has 3 heterocycles. The van der Waals surface area contributed by atoms with Gasteiger partial charge < -0.3 is 10.5 Å². The summed E-state index contributed by atoms with van der Waals surface area (Å²) in [5.41, 5.74) is 5.90. The van der Waals surface area contributed by atoms with Crippen LogP contribution in [0.5, 0.6) is 0 Å². The molecule has 1 aliphatic rings. The molecule has 0 spiro atoms. The van der Waals surface area contributed by atoms with E-state index in [9.17, 15) is 4.79 Å². The number of ether oxygens (including phenoxy) is 1. The van der Waals surface area contributed by atoms with Gasteiger partial charge in [-0.3, -0.25) is 14.3 Å². The second-order valence-corrected chi connectivity index (χ2v) is 4.47. The van der Waals surface area contributed by atoms with Crippen LogP contribution in [0.3, 0.4) is 0 Å². The summed E-state index contributed by atoms with van der Waals surface area (Å²) >= 11 is 0. The molecule has 1 aliphatic heterocycles. The second-order valence-electron chi connectivity index (χ2n) is 4.47. The maximum absolute atomic E-state index is 11.7. The number of nitrogen functional groups attached to an aromatic ring is 1. The van der Waals surface area contributed by atoms with E-state index in [1.165, 1.54) is 0 Å². The normalized spacial score (nSPS) is 22.7. The zero-order valence-corrected chi connectivity index (χ0v) is 10.2. The van der Waals surface area contributed by atoms with Crippen LogP contribution in [-0.2, 0) is 4.74 Å². The van der Waals surface area contributed by atoms with Crippen LogP contribution in [0.25, 0.3) is 11.2 Å². The molecule has 0 radical (unpaired) electrons. The van der Waals surface area contributed by atoms with Gasteiger partial charge in [0.25, 0.3) is 5.56 Å². The number of nitrogens with zero attached hydrogens (tertiary/aromatic N) is 3. The molecule has 1 fully saturated rings. The Morgan fingerprint density at radius 1 is 1.63 bits per heavy atom. The van der Waals surface area contributed by atoms with Crippen LogP contribution in [0.2, 0.25) is 0 Å². The van der Waals surface area contributed by atoms with E-state index in [0.717, 1.165) is 12.8 Å². The van der Waals surface area contributed by atoms with Crippen molar-refractivity contribution in [2.75, 3.05) is 5.73 Å². The average Bonchev–Trinajstić information content (AvgIpc) is 2.95. The van der Waals surface area contributed by atoms with Gasteiger partial charge in [0.1, 0.15) is 6.23 Å². The van der Waals surface area contributed by atoms with E-state index in [4.69, 9.17) is 16.9 Å². The molecule has 1 saturated heterocycles. The van der Waals surface area contributed by atoms with E-state index in [-0.39, 0.29) is 29.4 Å². The number of imidazole rings is 1. The van der Waals surface area contributed by atoms with Gasteiger partial charge in [0, 0.05) is 6.42 Å². The van der Waals surface area contributed by atoms with Crippen molar-refractivity contribution in [3.63, 3.8) is 0 Å². The lowest BCUT2D eigenvalue weighted by Gasteiger charge is -2.13. The Hall–Kier alpha value is -2.33. The van der Waals surface area contributed by atoms with Crippen LogP contribution in [0.1, 0.15) is 25.5 Å². The molecular weight excluding hydrogens is 246 g/mol. The number of hydrogen-bond donors (Lipinski definition) is 2. The molecule has 19 heavy (non-hydrogen) atoms. The van der Waals surface area contributed by atoms with Crippen LogP contribution in [0, 0.1) is 12.3 Å². The lowest BCUT2D eigenvalue weighted by atomic mass is 10.2. The summed E-state index contributed by atoms with van der Waals surface area (Å²) in [5, 5.41) is 0. The number of anilines is 1. The Morgan fingerprint density at radius 3 is 3.26 bits per heavy atom. The Morgan fingerprint density at radius 2 is 2.47 bits per heavy atom. The van der Waals surface area contributed by atoms with Crippen LogP contribution < -0.4 is 11.3 Å². The molecule has 3 N–H and O–H groups in total. The zero-order valence-electron chi connectivity index (χ0n) is 10.2. The summed E-state index contributed by atoms with van der Waals surface area (Å²) in [7, 11) is 0. The first kappa shape index (κ1) is 11.7. The van der Waals surface area contributed by atoms with Crippen molar-refractivity contribution >= 4 is 17.1 Å². The summed E-state index contributed by atoms with van der Waals surface area (Å²) in [4.78, 5) is 22.3. The van der Waals surface area contributed by atoms with Gasteiger partial charge in [0.15, 0.2) is 11.2 Å². The summed E-state index contributed by atoms with van der Waals surface area (Å²) in [6.45, 7) is 0. The molecule has 0 saturated carbocycles. The molecule has 0 bridgehead atoms. The molecule has 2 aromatic heterocycles. The van der Waals surface area contributed by atoms with Gasteiger partial charge in [-0.1, -0.05) is 0 Å². The number of aromatic nitrogens is 4. The minimum Gasteiger partial charge on any atom is -0.369 e. The van der Waals surface area contributed by atoms with Crippen molar-refractivity contribution in [2.45, 2.75) is 31.6 Å². The Labute approximate surface area is 108 Å². The van der Waals surface area contributed by atoms with E-state index in [1.807, 2.05) is 0 Å².